The van der Waals surface area contributed by atoms with E-state index in [4.69, 9.17) is 17.0 Å². The fourth-order valence-corrected chi connectivity index (χ4v) is 3.65. The normalized spacial score (nSPS) is 16.2. The predicted octanol–water partition coefficient (Wildman–Crippen LogP) is 5.02. The molecule has 25 heavy (non-hydrogen) atoms. The van der Waals surface area contributed by atoms with E-state index in [0.717, 1.165) is 11.3 Å². The summed E-state index contributed by atoms with van der Waals surface area (Å²) in [7, 11) is 0. The molecule has 2 aromatic rings. The maximum Gasteiger partial charge on any atom is 0.270 e. The largest absolute Gasteiger partial charge is 0.491 e. The molecule has 0 atom stereocenters. The van der Waals surface area contributed by atoms with Crippen LogP contribution in [0.25, 0.3) is 6.08 Å². The molecule has 1 aliphatic rings. The molecule has 1 fully saturated rings. The minimum absolute atomic E-state index is 0.109. The van der Waals surface area contributed by atoms with Crippen LogP contribution in [0.4, 0.5) is 10.1 Å². The van der Waals surface area contributed by atoms with Gasteiger partial charge in [0.05, 0.1) is 16.7 Å². The Kier molecular flexibility index (Phi) is 5.20. The van der Waals surface area contributed by atoms with E-state index in [2.05, 4.69) is 0 Å². The average Bonchev–Trinajstić information content (AvgIpc) is 2.84. The fourth-order valence-electron chi connectivity index (χ4n) is 2.35. The number of hydrogen-bond donors (Lipinski definition) is 0. The second kappa shape index (κ2) is 7.37. The number of nitrogens with zero attached hydrogens (tertiary/aromatic N) is 1. The Hall–Kier alpha value is -2.18. The lowest BCUT2D eigenvalue weighted by atomic mass is 10.2. The maximum atomic E-state index is 13.1. The minimum Gasteiger partial charge on any atom is -0.491 e. The second-order valence-corrected chi connectivity index (χ2v) is 7.40. The van der Waals surface area contributed by atoms with E-state index < -0.39 is 0 Å². The van der Waals surface area contributed by atoms with Gasteiger partial charge < -0.3 is 4.74 Å². The average molecular weight is 373 g/mol. The zero-order valence-electron chi connectivity index (χ0n) is 13.7. The quantitative estimate of drug-likeness (QED) is 0.556. The number of benzene rings is 2. The summed E-state index contributed by atoms with van der Waals surface area (Å²) in [6.45, 7) is 3.93. The molecular weight excluding hydrogens is 357 g/mol. The highest BCUT2D eigenvalue weighted by molar-refractivity contribution is 8.27. The van der Waals surface area contributed by atoms with Gasteiger partial charge in [-0.05, 0) is 61.9 Å². The molecule has 0 radical (unpaired) electrons. The molecular formula is C19H16FNO2S2. The Morgan fingerprint density at radius 3 is 2.36 bits per heavy atom. The van der Waals surface area contributed by atoms with Crippen LogP contribution in [0.2, 0.25) is 0 Å². The molecule has 1 heterocycles. The number of anilines is 1. The van der Waals surface area contributed by atoms with Crippen molar-refractivity contribution >= 4 is 46.0 Å². The highest BCUT2D eigenvalue weighted by atomic mass is 32.2. The van der Waals surface area contributed by atoms with Gasteiger partial charge in [-0.3, -0.25) is 9.69 Å². The van der Waals surface area contributed by atoms with Gasteiger partial charge in [-0.1, -0.05) is 36.1 Å². The van der Waals surface area contributed by atoms with Crippen molar-refractivity contribution in [2.45, 2.75) is 20.0 Å². The summed E-state index contributed by atoms with van der Waals surface area (Å²) >= 11 is 6.54. The van der Waals surface area contributed by atoms with Crippen LogP contribution in [-0.2, 0) is 4.79 Å². The first kappa shape index (κ1) is 17.6. The first-order chi connectivity index (χ1) is 11.9. The molecule has 128 valence electrons. The van der Waals surface area contributed by atoms with E-state index in [1.165, 1.54) is 28.8 Å². The Labute approximate surface area is 155 Å². The van der Waals surface area contributed by atoms with Crippen molar-refractivity contribution in [1.29, 1.82) is 0 Å². The summed E-state index contributed by atoms with van der Waals surface area (Å²) in [5.41, 5.74) is 1.45. The van der Waals surface area contributed by atoms with E-state index in [0.29, 0.717) is 14.9 Å². The van der Waals surface area contributed by atoms with Gasteiger partial charge in [-0.2, -0.15) is 0 Å². The van der Waals surface area contributed by atoms with Crippen molar-refractivity contribution in [3.63, 3.8) is 0 Å². The molecule has 0 aliphatic carbocycles. The summed E-state index contributed by atoms with van der Waals surface area (Å²) in [5, 5.41) is 0. The van der Waals surface area contributed by atoms with Crippen molar-refractivity contribution in [3.05, 3.63) is 64.8 Å². The highest BCUT2D eigenvalue weighted by Crippen LogP contribution is 2.36. The van der Waals surface area contributed by atoms with Gasteiger partial charge in [0.15, 0.2) is 4.32 Å². The zero-order chi connectivity index (χ0) is 18.0. The molecule has 3 nitrogen and oxygen atoms in total. The molecule has 2 aromatic carbocycles. The van der Waals surface area contributed by atoms with E-state index in [-0.39, 0.29) is 17.8 Å². The standard InChI is InChI=1S/C19H16FNO2S2/c1-12(2)23-16-9-3-13(4-10-16)11-17-18(22)21(19(24)25-17)15-7-5-14(20)6-8-15/h3-12H,1-2H3/b17-11-. The number of thioether (sulfide) groups is 1. The summed E-state index contributed by atoms with van der Waals surface area (Å²) < 4.78 is 19.1. The first-order valence-electron chi connectivity index (χ1n) is 7.74. The number of hydrogen-bond acceptors (Lipinski definition) is 4. The first-order valence-corrected chi connectivity index (χ1v) is 8.97. The third kappa shape index (κ3) is 4.08. The van der Waals surface area contributed by atoms with Crippen molar-refractivity contribution in [2.75, 3.05) is 4.90 Å². The SMILES string of the molecule is CC(C)Oc1ccc(/C=C2\SC(=S)N(c3ccc(F)cc3)C2=O)cc1. The lowest BCUT2D eigenvalue weighted by Gasteiger charge is -2.14. The Morgan fingerprint density at radius 2 is 1.76 bits per heavy atom. The number of carbonyl (C=O) groups is 1. The molecule has 0 unspecified atom stereocenters. The summed E-state index contributed by atoms with van der Waals surface area (Å²) in [6, 6.07) is 13.2. The minimum atomic E-state index is -0.353. The van der Waals surface area contributed by atoms with Crippen molar-refractivity contribution in [1.82, 2.24) is 0 Å². The molecule has 3 rings (SSSR count). The lowest BCUT2D eigenvalue weighted by Crippen LogP contribution is -2.27. The second-order valence-electron chi connectivity index (χ2n) is 5.73. The van der Waals surface area contributed by atoms with Crippen molar-refractivity contribution in [3.8, 4) is 5.75 Å². The molecule has 0 bridgehead atoms. The number of thiocarbonyl (C=S) groups is 1. The van der Waals surface area contributed by atoms with Crippen LogP contribution in [0, 0.1) is 5.82 Å². The van der Waals surface area contributed by atoms with Gasteiger partial charge in [0.1, 0.15) is 11.6 Å². The van der Waals surface area contributed by atoms with Gasteiger partial charge >= 0.3 is 0 Å². The van der Waals surface area contributed by atoms with Crippen molar-refractivity contribution in [2.24, 2.45) is 0 Å². The topological polar surface area (TPSA) is 29.5 Å². The predicted molar refractivity (Wildman–Crippen MR) is 104 cm³/mol. The van der Waals surface area contributed by atoms with Crippen LogP contribution in [-0.4, -0.2) is 16.3 Å². The van der Waals surface area contributed by atoms with Crippen molar-refractivity contribution < 1.29 is 13.9 Å². The van der Waals surface area contributed by atoms with Gasteiger partial charge in [0.25, 0.3) is 5.91 Å². The smallest absolute Gasteiger partial charge is 0.270 e. The number of amides is 1. The Balaban J connectivity index is 1.81. The molecule has 0 spiro atoms. The van der Waals surface area contributed by atoms with Gasteiger partial charge in [-0.15, -0.1) is 0 Å². The fraction of sp³-hybridized carbons (Fsp3) is 0.158. The number of carbonyl (C=O) groups excluding carboxylic acids is 1. The van der Waals surface area contributed by atoms with Gasteiger partial charge in [0, 0.05) is 0 Å². The monoisotopic (exact) mass is 373 g/mol. The summed E-state index contributed by atoms with van der Waals surface area (Å²) in [4.78, 5) is 14.6. The third-order valence-electron chi connectivity index (χ3n) is 3.43. The van der Waals surface area contributed by atoms with Crippen LogP contribution in [0.5, 0.6) is 5.75 Å². The van der Waals surface area contributed by atoms with Gasteiger partial charge in [-0.25, -0.2) is 4.39 Å². The maximum absolute atomic E-state index is 13.1. The van der Waals surface area contributed by atoms with E-state index in [9.17, 15) is 9.18 Å². The van der Waals surface area contributed by atoms with E-state index in [1.807, 2.05) is 38.1 Å². The summed E-state index contributed by atoms with van der Waals surface area (Å²) in [5.74, 6) is 0.226. The number of halogens is 1. The molecule has 0 aromatic heterocycles. The van der Waals surface area contributed by atoms with Gasteiger partial charge in [0.2, 0.25) is 0 Å². The number of rotatable bonds is 4. The van der Waals surface area contributed by atoms with Crippen LogP contribution in [0.15, 0.2) is 53.4 Å². The molecule has 1 saturated heterocycles. The van der Waals surface area contributed by atoms with E-state index in [1.54, 1.807) is 18.2 Å². The van der Waals surface area contributed by atoms with Crippen LogP contribution >= 0.6 is 24.0 Å². The third-order valence-corrected chi connectivity index (χ3v) is 4.73. The highest BCUT2D eigenvalue weighted by Gasteiger charge is 2.33. The molecule has 1 aliphatic heterocycles. The van der Waals surface area contributed by atoms with Crippen LogP contribution in [0.3, 0.4) is 0 Å². The van der Waals surface area contributed by atoms with E-state index >= 15 is 0 Å². The molecule has 0 N–H and O–H groups in total. The lowest BCUT2D eigenvalue weighted by molar-refractivity contribution is -0.113. The molecule has 6 heteroatoms. The van der Waals surface area contributed by atoms with Crippen LogP contribution < -0.4 is 9.64 Å². The summed E-state index contributed by atoms with van der Waals surface area (Å²) in [6.07, 6.45) is 1.90. The van der Waals surface area contributed by atoms with Crippen LogP contribution in [0.1, 0.15) is 19.4 Å². The molecule has 1 amide bonds. The zero-order valence-corrected chi connectivity index (χ0v) is 15.4. The Bertz CT molecular complexity index is 830. The Morgan fingerprint density at radius 1 is 1.12 bits per heavy atom. The molecule has 0 saturated carbocycles. The number of ether oxygens (including phenoxy) is 1.